The standard InChI is InChI=1S/C23H18ClN5O3/c24-18-8-4-6-16(12-18)15-28-22(31)20(21(30)26-14-17-7-5-11-25-13-17)27-29(23(28)32)19-9-2-1-3-10-19/h1-13H,14-15H2,(H,26,30). The monoisotopic (exact) mass is 447 g/mol. The first-order chi connectivity index (χ1) is 15.5. The number of nitrogens with one attached hydrogen (secondary N) is 1. The molecule has 2 aromatic heterocycles. The van der Waals surface area contributed by atoms with Crippen LogP contribution in [-0.2, 0) is 13.1 Å². The van der Waals surface area contributed by atoms with Crippen molar-refractivity contribution in [2.45, 2.75) is 13.1 Å². The third-order valence-corrected chi connectivity index (χ3v) is 4.92. The molecular weight excluding hydrogens is 430 g/mol. The summed E-state index contributed by atoms with van der Waals surface area (Å²) in [5.41, 5.74) is -0.00503. The molecule has 2 aromatic carbocycles. The van der Waals surface area contributed by atoms with Gasteiger partial charge in [0.05, 0.1) is 12.2 Å². The van der Waals surface area contributed by atoms with Crippen LogP contribution in [0.3, 0.4) is 0 Å². The van der Waals surface area contributed by atoms with E-state index >= 15 is 0 Å². The summed E-state index contributed by atoms with van der Waals surface area (Å²) in [5, 5.41) is 7.23. The van der Waals surface area contributed by atoms with Crippen LogP contribution in [0.2, 0.25) is 5.02 Å². The van der Waals surface area contributed by atoms with E-state index in [9.17, 15) is 14.4 Å². The van der Waals surface area contributed by atoms with E-state index in [-0.39, 0.29) is 18.8 Å². The van der Waals surface area contributed by atoms with Crippen LogP contribution >= 0.6 is 11.6 Å². The van der Waals surface area contributed by atoms with Gasteiger partial charge >= 0.3 is 5.69 Å². The second-order valence-corrected chi connectivity index (χ2v) is 7.38. The van der Waals surface area contributed by atoms with Crippen molar-refractivity contribution in [1.82, 2.24) is 24.6 Å². The van der Waals surface area contributed by atoms with Gasteiger partial charge in [-0.3, -0.25) is 19.1 Å². The van der Waals surface area contributed by atoms with Crippen molar-refractivity contribution in [2.75, 3.05) is 0 Å². The molecule has 2 heterocycles. The van der Waals surface area contributed by atoms with Crippen LogP contribution in [-0.4, -0.2) is 25.2 Å². The highest BCUT2D eigenvalue weighted by atomic mass is 35.5. The normalized spacial score (nSPS) is 10.7. The van der Waals surface area contributed by atoms with Crippen LogP contribution in [0.15, 0.2) is 88.7 Å². The molecule has 9 heteroatoms. The number of rotatable bonds is 6. The fraction of sp³-hybridized carbons (Fsp3) is 0.0870. The van der Waals surface area contributed by atoms with Gasteiger partial charge in [0.15, 0.2) is 0 Å². The minimum atomic E-state index is -0.786. The Kier molecular flexibility index (Phi) is 6.23. The zero-order valence-electron chi connectivity index (χ0n) is 16.8. The smallest absolute Gasteiger partial charge is 0.346 e. The number of para-hydroxylation sites is 1. The maximum absolute atomic E-state index is 13.1. The lowest BCUT2D eigenvalue weighted by Crippen LogP contribution is -2.46. The van der Waals surface area contributed by atoms with Crippen LogP contribution in [0.25, 0.3) is 5.69 Å². The maximum Gasteiger partial charge on any atom is 0.352 e. The quantitative estimate of drug-likeness (QED) is 0.489. The van der Waals surface area contributed by atoms with E-state index in [1.807, 2.05) is 0 Å². The summed E-state index contributed by atoms with van der Waals surface area (Å²) >= 11 is 6.05. The van der Waals surface area contributed by atoms with E-state index in [1.165, 1.54) is 0 Å². The molecule has 160 valence electrons. The summed E-state index contributed by atoms with van der Waals surface area (Å²) in [5.74, 6) is -0.691. The second-order valence-electron chi connectivity index (χ2n) is 6.94. The van der Waals surface area contributed by atoms with Crippen LogP contribution in [0.5, 0.6) is 0 Å². The fourth-order valence-corrected chi connectivity index (χ4v) is 3.33. The summed E-state index contributed by atoms with van der Waals surface area (Å²) in [6.07, 6.45) is 3.23. The third kappa shape index (κ3) is 4.65. The van der Waals surface area contributed by atoms with Gasteiger partial charge in [0.1, 0.15) is 0 Å². The highest BCUT2D eigenvalue weighted by molar-refractivity contribution is 6.30. The number of hydrogen-bond acceptors (Lipinski definition) is 5. The molecule has 32 heavy (non-hydrogen) atoms. The van der Waals surface area contributed by atoms with E-state index in [1.54, 1.807) is 79.1 Å². The van der Waals surface area contributed by atoms with Crippen molar-refractivity contribution < 1.29 is 4.79 Å². The van der Waals surface area contributed by atoms with Crippen molar-refractivity contribution in [3.63, 3.8) is 0 Å². The number of nitrogens with zero attached hydrogens (tertiary/aromatic N) is 4. The summed E-state index contributed by atoms with van der Waals surface area (Å²) in [7, 11) is 0. The molecule has 0 fully saturated rings. The number of carbonyl (C=O) groups is 1. The number of hydrogen-bond donors (Lipinski definition) is 1. The summed E-state index contributed by atoms with van der Waals surface area (Å²) in [4.78, 5) is 43.1. The summed E-state index contributed by atoms with van der Waals surface area (Å²) in [6.45, 7) is 0.100. The van der Waals surface area contributed by atoms with Crippen molar-refractivity contribution in [3.05, 3.63) is 122 Å². The molecule has 0 saturated carbocycles. The van der Waals surface area contributed by atoms with Gasteiger partial charge in [-0.25, -0.2) is 4.79 Å². The predicted octanol–water partition coefficient (Wildman–Crippen LogP) is 2.42. The lowest BCUT2D eigenvalue weighted by molar-refractivity contribution is 0.0941. The van der Waals surface area contributed by atoms with Gasteiger partial charge in [-0.05, 0) is 41.5 Å². The number of halogens is 1. The van der Waals surface area contributed by atoms with E-state index in [2.05, 4.69) is 15.4 Å². The molecule has 0 bridgehead atoms. The lowest BCUT2D eigenvalue weighted by Gasteiger charge is -2.12. The Hall–Kier alpha value is -4.04. The maximum atomic E-state index is 13.1. The average Bonchev–Trinajstić information content (AvgIpc) is 2.81. The van der Waals surface area contributed by atoms with Gasteiger partial charge in [0.25, 0.3) is 11.5 Å². The Labute approximate surface area is 187 Å². The number of pyridine rings is 1. The largest absolute Gasteiger partial charge is 0.352 e. The highest BCUT2D eigenvalue weighted by Crippen LogP contribution is 2.11. The first kappa shape index (κ1) is 21.2. The lowest BCUT2D eigenvalue weighted by atomic mass is 10.2. The minimum absolute atomic E-state index is 0.0591. The molecule has 1 N–H and O–H groups in total. The van der Waals surface area contributed by atoms with Gasteiger partial charge < -0.3 is 5.32 Å². The molecule has 0 saturated heterocycles. The zero-order chi connectivity index (χ0) is 22.5. The van der Waals surface area contributed by atoms with Crippen molar-refractivity contribution in [2.24, 2.45) is 0 Å². The highest BCUT2D eigenvalue weighted by Gasteiger charge is 2.20. The van der Waals surface area contributed by atoms with Crippen molar-refractivity contribution in [1.29, 1.82) is 0 Å². The Balaban J connectivity index is 1.77. The van der Waals surface area contributed by atoms with E-state index in [0.717, 1.165) is 14.8 Å². The van der Waals surface area contributed by atoms with E-state index < -0.39 is 17.2 Å². The predicted molar refractivity (Wildman–Crippen MR) is 120 cm³/mol. The molecule has 0 radical (unpaired) electrons. The van der Waals surface area contributed by atoms with Gasteiger partial charge in [-0.2, -0.15) is 9.78 Å². The zero-order valence-corrected chi connectivity index (χ0v) is 17.6. The van der Waals surface area contributed by atoms with Crippen LogP contribution in [0.1, 0.15) is 21.6 Å². The Bertz CT molecular complexity index is 1370. The minimum Gasteiger partial charge on any atom is -0.346 e. The molecule has 4 aromatic rings. The van der Waals surface area contributed by atoms with Crippen molar-refractivity contribution in [3.8, 4) is 5.69 Å². The van der Waals surface area contributed by atoms with Gasteiger partial charge in [-0.15, -0.1) is 0 Å². The fourth-order valence-electron chi connectivity index (χ4n) is 3.12. The average molecular weight is 448 g/mol. The van der Waals surface area contributed by atoms with Gasteiger partial charge in [-0.1, -0.05) is 48.0 Å². The SMILES string of the molecule is O=C(NCc1cccnc1)c1nn(-c2ccccc2)c(=O)n(Cc2cccc(Cl)c2)c1=O. The first-order valence-corrected chi connectivity index (χ1v) is 10.1. The van der Waals surface area contributed by atoms with Gasteiger partial charge in [0, 0.05) is 24.0 Å². The molecule has 8 nitrogen and oxygen atoms in total. The van der Waals surface area contributed by atoms with E-state index in [4.69, 9.17) is 11.6 Å². The van der Waals surface area contributed by atoms with Crippen LogP contribution in [0, 0.1) is 0 Å². The van der Waals surface area contributed by atoms with Crippen molar-refractivity contribution >= 4 is 17.5 Å². The second kappa shape index (κ2) is 9.40. The summed E-state index contributed by atoms with van der Waals surface area (Å²) < 4.78 is 2.02. The molecule has 1 amide bonds. The van der Waals surface area contributed by atoms with Crippen LogP contribution < -0.4 is 16.6 Å². The molecule has 0 aliphatic heterocycles. The van der Waals surface area contributed by atoms with Crippen LogP contribution in [0.4, 0.5) is 0 Å². The number of aromatic nitrogens is 4. The van der Waals surface area contributed by atoms with Gasteiger partial charge in [0.2, 0.25) is 5.69 Å². The number of benzene rings is 2. The Morgan fingerprint density at radius 2 is 1.75 bits per heavy atom. The Morgan fingerprint density at radius 3 is 2.47 bits per heavy atom. The summed E-state index contributed by atoms with van der Waals surface area (Å²) in [6, 6.07) is 18.9. The first-order valence-electron chi connectivity index (χ1n) is 9.74. The van der Waals surface area contributed by atoms with E-state index in [0.29, 0.717) is 16.3 Å². The molecule has 0 aliphatic carbocycles. The molecule has 0 spiro atoms. The molecule has 0 aliphatic rings. The molecule has 4 rings (SSSR count). The number of amides is 1. The topological polar surface area (TPSA) is 98.9 Å². The Morgan fingerprint density at radius 1 is 0.969 bits per heavy atom. The molecular formula is C23H18ClN5O3. The molecule has 0 unspecified atom stereocenters. The number of carbonyl (C=O) groups excluding carboxylic acids is 1. The third-order valence-electron chi connectivity index (χ3n) is 4.68. The molecule has 0 atom stereocenters.